The molecule has 0 aromatic carbocycles. The molecule has 0 aliphatic heterocycles. The second-order valence-electron chi connectivity index (χ2n) is 4.32. The normalized spacial score (nSPS) is 27.0. The van der Waals surface area contributed by atoms with Crippen LogP contribution in [0.25, 0.3) is 0 Å². The van der Waals surface area contributed by atoms with Crippen molar-refractivity contribution >= 4 is 12.2 Å². The van der Waals surface area contributed by atoms with E-state index in [1.54, 1.807) is 0 Å². The lowest BCUT2D eigenvalue weighted by atomic mass is 10.0. The van der Waals surface area contributed by atoms with Gasteiger partial charge in [0.25, 0.3) is 0 Å². The second-order valence-corrected chi connectivity index (χ2v) is 4.70. The lowest BCUT2D eigenvalue weighted by Crippen LogP contribution is -2.12. The Balaban J connectivity index is 2.30. The van der Waals surface area contributed by atoms with Crippen LogP contribution in [0.4, 0.5) is 0 Å². The highest BCUT2D eigenvalue weighted by Gasteiger charge is 2.27. The molecule has 0 saturated heterocycles. The van der Waals surface area contributed by atoms with Gasteiger partial charge in [-0.1, -0.05) is 19.8 Å². The fraction of sp³-hybridized carbons (Fsp3) is 0.727. The van der Waals surface area contributed by atoms with Gasteiger partial charge in [-0.15, -0.1) is 0 Å². The van der Waals surface area contributed by atoms with Crippen molar-refractivity contribution in [2.45, 2.75) is 45.6 Å². The fourth-order valence-corrected chi connectivity index (χ4v) is 2.99. The molecule has 1 saturated carbocycles. The minimum Gasteiger partial charge on any atom is -0.335 e. The summed E-state index contributed by atoms with van der Waals surface area (Å²) in [5.41, 5.74) is 1.18. The van der Waals surface area contributed by atoms with Crippen LogP contribution in [0.2, 0.25) is 0 Å². The zero-order chi connectivity index (χ0) is 10.1. The lowest BCUT2D eigenvalue weighted by Gasteiger charge is -2.19. The highest BCUT2D eigenvalue weighted by atomic mass is 32.1. The average Bonchev–Trinajstić information content (AvgIpc) is 2.71. The molecule has 2 unspecified atom stereocenters. The van der Waals surface area contributed by atoms with Crippen molar-refractivity contribution in [1.82, 2.24) is 9.55 Å². The van der Waals surface area contributed by atoms with E-state index < -0.39 is 0 Å². The van der Waals surface area contributed by atoms with Gasteiger partial charge in [0.1, 0.15) is 0 Å². The van der Waals surface area contributed by atoms with Crippen molar-refractivity contribution in [2.24, 2.45) is 5.92 Å². The first-order valence-corrected chi connectivity index (χ1v) is 5.91. The Morgan fingerprint density at radius 1 is 1.57 bits per heavy atom. The summed E-state index contributed by atoms with van der Waals surface area (Å²) in [6.45, 7) is 4.36. The summed E-state index contributed by atoms with van der Waals surface area (Å²) in [5, 5.41) is 0. The van der Waals surface area contributed by atoms with Gasteiger partial charge in [0, 0.05) is 17.9 Å². The van der Waals surface area contributed by atoms with Gasteiger partial charge in [0.2, 0.25) is 0 Å². The Hall–Kier alpha value is -0.570. The monoisotopic (exact) mass is 210 g/mol. The van der Waals surface area contributed by atoms with Crippen LogP contribution >= 0.6 is 12.2 Å². The third-order valence-electron chi connectivity index (χ3n) is 3.37. The fourth-order valence-electron chi connectivity index (χ4n) is 2.64. The minimum atomic E-state index is 0.650. The van der Waals surface area contributed by atoms with Crippen molar-refractivity contribution < 1.29 is 0 Å². The molecule has 0 spiro atoms. The topological polar surface area (TPSA) is 20.7 Å². The molecule has 0 amide bonds. The lowest BCUT2D eigenvalue weighted by molar-refractivity contribution is 0.367. The molecule has 78 valence electrons. The third kappa shape index (κ3) is 1.65. The molecule has 1 fully saturated rings. The quantitative estimate of drug-likeness (QED) is 0.740. The number of H-pyrrole nitrogens is 1. The maximum absolute atomic E-state index is 5.32. The number of hydrogen-bond donors (Lipinski definition) is 1. The van der Waals surface area contributed by atoms with E-state index >= 15 is 0 Å². The highest BCUT2D eigenvalue weighted by Crippen LogP contribution is 2.37. The molecule has 2 nitrogen and oxygen atoms in total. The van der Waals surface area contributed by atoms with Gasteiger partial charge >= 0.3 is 0 Å². The number of imidazole rings is 1. The van der Waals surface area contributed by atoms with Gasteiger partial charge in [0.05, 0.1) is 0 Å². The first-order valence-electron chi connectivity index (χ1n) is 5.50. The van der Waals surface area contributed by atoms with Crippen LogP contribution in [0, 0.1) is 17.6 Å². The van der Waals surface area contributed by atoms with E-state index in [9.17, 15) is 0 Å². The molecule has 0 radical (unpaired) electrons. The van der Waals surface area contributed by atoms with E-state index in [1.165, 1.54) is 31.4 Å². The summed E-state index contributed by atoms with van der Waals surface area (Å²) in [4.78, 5) is 3.21. The number of aromatic amines is 1. The smallest absolute Gasteiger partial charge is 0.177 e. The molecule has 2 rings (SSSR count). The number of hydrogen-bond acceptors (Lipinski definition) is 1. The summed E-state index contributed by atoms with van der Waals surface area (Å²) in [6, 6.07) is 0.650. The number of rotatable bonds is 2. The van der Waals surface area contributed by atoms with Crippen LogP contribution in [0.3, 0.4) is 0 Å². The Morgan fingerprint density at radius 2 is 2.36 bits per heavy atom. The van der Waals surface area contributed by atoms with Crippen molar-refractivity contribution in [3.05, 3.63) is 16.7 Å². The molecule has 1 aromatic heterocycles. The van der Waals surface area contributed by atoms with Crippen LogP contribution in [0.15, 0.2) is 6.20 Å². The van der Waals surface area contributed by atoms with E-state index in [4.69, 9.17) is 12.2 Å². The zero-order valence-corrected chi connectivity index (χ0v) is 9.73. The van der Waals surface area contributed by atoms with E-state index in [0.717, 1.165) is 10.7 Å². The molecule has 2 atom stereocenters. The average molecular weight is 210 g/mol. The van der Waals surface area contributed by atoms with Crippen LogP contribution in [0.1, 0.15) is 44.3 Å². The SMILES string of the molecule is CCC1CCCC1n1cc(C)[nH]c1=S. The summed E-state index contributed by atoms with van der Waals surface area (Å²) in [6.07, 6.45) is 7.46. The third-order valence-corrected chi connectivity index (χ3v) is 3.68. The van der Waals surface area contributed by atoms with E-state index in [-0.39, 0.29) is 0 Å². The summed E-state index contributed by atoms with van der Waals surface area (Å²) >= 11 is 5.32. The Morgan fingerprint density at radius 3 is 2.93 bits per heavy atom. The maximum Gasteiger partial charge on any atom is 0.177 e. The highest BCUT2D eigenvalue weighted by molar-refractivity contribution is 7.71. The molecule has 14 heavy (non-hydrogen) atoms. The van der Waals surface area contributed by atoms with Crippen LogP contribution < -0.4 is 0 Å². The summed E-state index contributed by atoms with van der Waals surface area (Å²) < 4.78 is 3.17. The molecule has 1 aliphatic rings. The standard InChI is InChI=1S/C11H18N2S/c1-3-9-5-4-6-10(9)13-7-8(2)12-11(13)14/h7,9-10H,3-6H2,1-2H3,(H,12,14). The van der Waals surface area contributed by atoms with Crippen LogP contribution in [0.5, 0.6) is 0 Å². The van der Waals surface area contributed by atoms with Crippen molar-refractivity contribution in [1.29, 1.82) is 0 Å². The molecule has 1 heterocycles. The predicted molar refractivity (Wildman–Crippen MR) is 61.0 cm³/mol. The van der Waals surface area contributed by atoms with E-state index in [0.29, 0.717) is 6.04 Å². The van der Waals surface area contributed by atoms with E-state index in [1.807, 2.05) is 0 Å². The van der Waals surface area contributed by atoms with Crippen molar-refractivity contribution in [2.75, 3.05) is 0 Å². The maximum atomic E-state index is 5.32. The van der Waals surface area contributed by atoms with Crippen molar-refractivity contribution in [3.8, 4) is 0 Å². The largest absolute Gasteiger partial charge is 0.335 e. The van der Waals surface area contributed by atoms with Crippen molar-refractivity contribution in [3.63, 3.8) is 0 Å². The van der Waals surface area contributed by atoms with Gasteiger partial charge in [-0.05, 0) is 37.9 Å². The predicted octanol–water partition coefficient (Wildman–Crippen LogP) is 3.61. The minimum absolute atomic E-state index is 0.650. The van der Waals surface area contributed by atoms with E-state index in [2.05, 4.69) is 29.6 Å². The number of aryl methyl sites for hydroxylation is 1. The molecular weight excluding hydrogens is 192 g/mol. The second kappa shape index (κ2) is 3.89. The number of nitrogens with one attached hydrogen (secondary N) is 1. The van der Waals surface area contributed by atoms with Gasteiger partial charge in [-0.25, -0.2) is 0 Å². The van der Waals surface area contributed by atoms with Crippen LogP contribution in [-0.4, -0.2) is 9.55 Å². The number of nitrogens with zero attached hydrogens (tertiary/aromatic N) is 1. The molecule has 0 bridgehead atoms. The van der Waals surface area contributed by atoms with Gasteiger partial charge in [0.15, 0.2) is 4.77 Å². The summed E-state index contributed by atoms with van der Waals surface area (Å²) in [7, 11) is 0. The Kier molecular flexibility index (Phi) is 2.77. The Bertz CT molecular complexity index is 364. The molecular formula is C11H18N2S. The Labute approximate surface area is 90.3 Å². The molecule has 1 aliphatic carbocycles. The zero-order valence-electron chi connectivity index (χ0n) is 8.92. The number of aromatic nitrogens is 2. The van der Waals surface area contributed by atoms with Crippen LogP contribution in [-0.2, 0) is 0 Å². The first kappa shape index (κ1) is 9.97. The van der Waals surface area contributed by atoms with Gasteiger partial charge in [-0.3, -0.25) is 0 Å². The molecule has 1 aromatic rings. The van der Waals surface area contributed by atoms with Gasteiger partial charge in [-0.2, -0.15) is 0 Å². The molecule has 1 N–H and O–H groups in total. The summed E-state index contributed by atoms with van der Waals surface area (Å²) in [5.74, 6) is 0.830. The molecule has 3 heteroatoms. The van der Waals surface area contributed by atoms with Gasteiger partial charge < -0.3 is 9.55 Å². The first-order chi connectivity index (χ1) is 6.72.